The van der Waals surface area contributed by atoms with E-state index in [2.05, 4.69) is 0 Å². The van der Waals surface area contributed by atoms with Crippen LogP contribution in [-0.4, -0.2) is 24.5 Å². The third-order valence-electron chi connectivity index (χ3n) is 4.72. The molecule has 4 rings (SSSR count). The highest BCUT2D eigenvalue weighted by Crippen LogP contribution is 2.45. The fourth-order valence-electron chi connectivity index (χ4n) is 3.56. The standard InChI is InChI=1S/C20H14N2O5S/c21-16-13(10-6-2-1-3-7-10)14-15(17(22)20(16)28(25,26)27)19(24)12-9-5-4-8-11(12)18(14)23/h1-9H,21-22H2,(H,25,26,27). The highest BCUT2D eigenvalue weighted by Gasteiger charge is 2.38. The largest absolute Gasteiger partial charge is 0.397 e. The molecule has 0 bridgehead atoms. The Labute approximate surface area is 160 Å². The van der Waals surface area contributed by atoms with Crippen molar-refractivity contribution in [3.05, 3.63) is 76.9 Å². The van der Waals surface area contributed by atoms with Gasteiger partial charge in [0, 0.05) is 22.3 Å². The molecule has 7 nitrogen and oxygen atoms in total. The van der Waals surface area contributed by atoms with Gasteiger partial charge in [-0.15, -0.1) is 0 Å². The van der Waals surface area contributed by atoms with Gasteiger partial charge in [0.25, 0.3) is 10.1 Å². The molecule has 5 N–H and O–H groups in total. The molecule has 0 aromatic heterocycles. The molecule has 0 radical (unpaired) electrons. The summed E-state index contributed by atoms with van der Waals surface area (Å²) in [5, 5.41) is 0. The molecule has 0 unspecified atom stereocenters. The van der Waals surface area contributed by atoms with Crippen LogP contribution >= 0.6 is 0 Å². The molecular formula is C20H14N2O5S. The lowest BCUT2D eigenvalue weighted by Crippen LogP contribution is -2.26. The van der Waals surface area contributed by atoms with Crippen molar-refractivity contribution in [2.45, 2.75) is 4.90 Å². The van der Waals surface area contributed by atoms with Crippen molar-refractivity contribution < 1.29 is 22.6 Å². The fraction of sp³-hybridized carbons (Fsp3) is 0. The zero-order valence-corrected chi connectivity index (χ0v) is 15.2. The first-order chi connectivity index (χ1) is 13.2. The third kappa shape index (κ3) is 2.43. The van der Waals surface area contributed by atoms with Crippen molar-refractivity contribution in [1.82, 2.24) is 0 Å². The van der Waals surface area contributed by atoms with Gasteiger partial charge < -0.3 is 11.5 Å². The molecule has 0 heterocycles. The summed E-state index contributed by atoms with van der Waals surface area (Å²) in [7, 11) is -4.86. The average molecular weight is 394 g/mol. The van der Waals surface area contributed by atoms with E-state index in [0.717, 1.165) is 0 Å². The molecule has 0 fully saturated rings. The normalized spacial score (nSPS) is 13.2. The monoisotopic (exact) mass is 394 g/mol. The van der Waals surface area contributed by atoms with E-state index in [-0.39, 0.29) is 33.5 Å². The predicted molar refractivity (Wildman–Crippen MR) is 104 cm³/mol. The van der Waals surface area contributed by atoms with Gasteiger partial charge in [0.15, 0.2) is 11.6 Å². The Morgan fingerprint density at radius 1 is 0.679 bits per heavy atom. The van der Waals surface area contributed by atoms with Crippen molar-refractivity contribution in [1.29, 1.82) is 0 Å². The molecule has 3 aromatic rings. The highest BCUT2D eigenvalue weighted by molar-refractivity contribution is 7.86. The lowest BCUT2D eigenvalue weighted by molar-refractivity contribution is 0.0980. The Morgan fingerprint density at radius 2 is 1.14 bits per heavy atom. The van der Waals surface area contributed by atoms with E-state index >= 15 is 0 Å². The maximum absolute atomic E-state index is 13.2. The number of rotatable bonds is 2. The summed E-state index contributed by atoms with van der Waals surface area (Å²) in [6.07, 6.45) is 0. The smallest absolute Gasteiger partial charge is 0.298 e. The molecule has 0 spiro atoms. The van der Waals surface area contributed by atoms with E-state index < -0.39 is 32.3 Å². The first kappa shape index (κ1) is 17.9. The van der Waals surface area contributed by atoms with Gasteiger partial charge in [-0.25, -0.2) is 0 Å². The average Bonchev–Trinajstić information content (AvgIpc) is 2.65. The number of nitrogens with two attached hydrogens (primary N) is 2. The Bertz CT molecular complexity index is 1280. The number of fused-ring (bicyclic) bond motifs is 2. The van der Waals surface area contributed by atoms with E-state index in [1.807, 2.05) is 0 Å². The Hall–Kier alpha value is -3.49. The molecule has 0 amide bonds. The summed E-state index contributed by atoms with van der Waals surface area (Å²) in [5.74, 6) is -1.10. The van der Waals surface area contributed by atoms with Crippen molar-refractivity contribution in [3.63, 3.8) is 0 Å². The topological polar surface area (TPSA) is 141 Å². The van der Waals surface area contributed by atoms with Crippen LogP contribution in [-0.2, 0) is 10.1 Å². The van der Waals surface area contributed by atoms with E-state index in [0.29, 0.717) is 5.56 Å². The first-order valence-corrected chi connectivity index (χ1v) is 9.63. The molecule has 3 aromatic carbocycles. The Kier molecular flexibility index (Phi) is 3.84. The van der Waals surface area contributed by atoms with E-state index in [4.69, 9.17) is 11.5 Å². The van der Waals surface area contributed by atoms with Gasteiger partial charge in [-0.1, -0.05) is 54.6 Å². The van der Waals surface area contributed by atoms with Crippen LogP contribution in [0.4, 0.5) is 11.4 Å². The van der Waals surface area contributed by atoms with Gasteiger partial charge in [-0.2, -0.15) is 8.42 Å². The zero-order chi connectivity index (χ0) is 20.2. The summed E-state index contributed by atoms with van der Waals surface area (Å²) in [5.41, 5.74) is 11.5. The second-order valence-electron chi connectivity index (χ2n) is 6.33. The quantitative estimate of drug-likeness (QED) is 0.350. The summed E-state index contributed by atoms with van der Waals surface area (Å²) < 4.78 is 33.6. The van der Waals surface area contributed by atoms with Gasteiger partial charge in [0.05, 0.1) is 16.9 Å². The van der Waals surface area contributed by atoms with Crippen molar-refractivity contribution in [2.75, 3.05) is 11.5 Å². The molecule has 1 aliphatic carbocycles. The lowest BCUT2D eigenvalue weighted by atomic mass is 9.79. The molecular weight excluding hydrogens is 380 g/mol. The van der Waals surface area contributed by atoms with Crippen LogP contribution in [0.15, 0.2) is 59.5 Å². The summed E-state index contributed by atoms with van der Waals surface area (Å²) >= 11 is 0. The lowest BCUT2D eigenvalue weighted by Gasteiger charge is -2.25. The van der Waals surface area contributed by atoms with Crippen LogP contribution in [0, 0.1) is 0 Å². The summed E-state index contributed by atoms with van der Waals surface area (Å²) in [6.45, 7) is 0. The van der Waals surface area contributed by atoms with Crippen molar-refractivity contribution in [3.8, 4) is 11.1 Å². The van der Waals surface area contributed by atoms with E-state index in [1.165, 1.54) is 12.1 Å². The number of anilines is 2. The number of ketones is 2. The molecule has 140 valence electrons. The third-order valence-corrected chi connectivity index (χ3v) is 5.67. The van der Waals surface area contributed by atoms with Crippen molar-refractivity contribution in [2.24, 2.45) is 0 Å². The Morgan fingerprint density at radius 3 is 1.68 bits per heavy atom. The van der Waals surface area contributed by atoms with Gasteiger partial charge in [-0.05, 0) is 5.56 Å². The maximum Gasteiger partial charge on any atom is 0.298 e. The minimum absolute atomic E-state index is 0.0466. The zero-order valence-electron chi connectivity index (χ0n) is 14.3. The first-order valence-electron chi connectivity index (χ1n) is 8.19. The summed E-state index contributed by atoms with van der Waals surface area (Å²) in [6, 6.07) is 14.5. The molecule has 0 atom stereocenters. The van der Waals surface area contributed by atoms with Crippen LogP contribution in [0.2, 0.25) is 0 Å². The number of carbonyl (C=O) groups excluding carboxylic acids is 2. The van der Waals surface area contributed by atoms with Crippen molar-refractivity contribution >= 4 is 33.1 Å². The summed E-state index contributed by atoms with van der Waals surface area (Å²) in [4.78, 5) is 25.6. The van der Waals surface area contributed by atoms with Gasteiger partial charge in [-0.3, -0.25) is 14.1 Å². The minimum atomic E-state index is -4.86. The minimum Gasteiger partial charge on any atom is -0.397 e. The molecule has 1 aliphatic rings. The van der Waals surface area contributed by atoms with Crippen LogP contribution in [0.3, 0.4) is 0 Å². The van der Waals surface area contributed by atoms with Gasteiger partial charge in [0.1, 0.15) is 4.90 Å². The van der Waals surface area contributed by atoms with Crippen LogP contribution in [0.1, 0.15) is 31.8 Å². The SMILES string of the molecule is Nc1c2c(c(-c3ccccc3)c(N)c1S(=O)(=O)O)C(=O)c1ccccc1C2=O. The molecule has 8 heteroatoms. The predicted octanol–water partition coefficient (Wildman–Crippen LogP) is 2.54. The second-order valence-corrected chi connectivity index (χ2v) is 7.68. The number of benzene rings is 3. The number of carbonyl (C=O) groups is 2. The van der Waals surface area contributed by atoms with Gasteiger partial charge in [0.2, 0.25) is 0 Å². The highest BCUT2D eigenvalue weighted by atomic mass is 32.2. The second kappa shape index (κ2) is 6.01. The number of hydrogen-bond acceptors (Lipinski definition) is 6. The molecule has 0 saturated heterocycles. The number of hydrogen-bond donors (Lipinski definition) is 3. The Balaban J connectivity index is 2.23. The van der Waals surface area contributed by atoms with Crippen LogP contribution < -0.4 is 11.5 Å². The van der Waals surface area contributed by atoms with Crippen LogP contribution in [0.25, 0.3) is 11.1 Å². The van der Waals surface area contributed by atoms with E-state index in [9.17, 15) is 22.6 Å². The number of nitrogen functional groups attached to an aromatic ring is 2. The molecule has 0 saturated carbocycles. The maximum atomic E-state index is 13.2. The molecule has 28 heavy (non-hydrogen) atoms. The van der Waals surface area contributed by atoms with Gasteiger partial charge >= 0.3 is 0 Å². The fourth-order valence-corrected chi connectivity index (χ4v) is 4.32. The van der Waals surface area contributed by atoms with Crippen LogP contribution in [0.5, 0.6) is 0 Å². The molecule has 0 aliphatic heterocycles. The van der Waals surface area contributed by atoms with E-state index in [1.54, 1.807) is 42.5 Å².